The Labute approximate surface area is 222 Å². The van der Waals surface area contributed by atoms with Crippen LogP contribution in [0.5, 0.6) is 0 Å². The maximum Gasteiger partial charge on any atom is 0.0608 e. The van der Waals surface area contributed by atoms with E-state index in [-0.39, 0.29) is 29.8 Å². The molecule has 0 saturated carbocycles. The van der Waals surface area contributed by atoms with Gasteiger partial charge in [-0.05, 0) is 103 Å². The van der Waals surface area contributed by atoms with E-state index < -0.39 is 0 Å². The molecule has 0 unspecified atom stereocenters. The summed E-state index contributed by atoms with van der Waals surface area (Å²) in [5.74, 6) is 0.581. The van der Waals surface area contributed by atoms with E-state index in [1.807, 2.05) is 27.7 Å². The summed E-state index contributed by atoms with van der Waals surface area (Å²) < 4.78 is 21.4. The second kappa shape index (κ2) is 24.8. The number of ether oxygens (including phenoxy) is 4. The van der Waals surface area contributed by atoms with Gasteiger partial charge in [-0.2, -0.15) is 0 Å². The molecule has 0 N–H and O–H groups in total. The van der Waals surface area contributed by atoms with Gasteiger partial charge >= 0.3 is 0 Å². The highest BCUT2D eigenvalue weighted by atomic mass is 35.5. The zero-order chi connectivity index (χ0) is 27.2. The molecule has 0 bridgehead atoms. The maximum atomic E-state index is 5.47. The van der Waals surface area contributed by atoms with Gasteiger partial charge in [0.1, 0.15) is 0 Å². The molecule has 0 aliphatic carbocycles. The van der Waals surface area contributed by atoms with Crippen molar-refractivity contribution in [3.05, 3.63) is 0 Å². The van der Waals surface area contributed by atoms with Crippen LogP contribution >= 0.6 is 11.6 Å². The molecular weight excluding hydrogens is 448 g/mol. The zero-order valence-electron chi connectivity index (χ0n) is 25.4. The molecule has 214 valence electrons. The summed E-state index contributed by atoms with van der Waals surface area (Å²) in [7, 11) is 0. The van der Waals surface area contributed by atoms with Crippen LogP contribution in [0.3, 0.4) is 0 Å². The van der Waals surface area contributed by atoms with Crippen LogP contribution in [0.2, 0.25) is 0 Å². The Hall–Kier alpha value is 0.130. The van der Waals surface area contributed by atoms with Crippen LogP contribution in [-0.2, 0) is 18.9 Å². The molecule has 0 aromatic heterocycles. The lowest BCUT2D eigenvalue weighted by molar-refractivity contribution is -0.00452. The van der Waals surface area contributed by atoms with Gasteiger partial charge in [-0.1, -0.05) is 34.1 Å². The second-order valence-corrected chi connectivity index (χ2v) is 12.2. The summed E-state index contributed by atoms with van der Waals surface area (Å²) in [5, 5.41) is 0. The average molecular weight is 515 g/mol. The van der Waals surface area contributed by atoms with Crippen molar-refractivity contribution in [1.82, 2.24) is 0 Å². The van der Waals surface area contributed by atoms with Crippen molar-refractivity contribution in [3.8, 4) is 0 Å². The summed E-state index contributed by atoms with van der Waals surface area (Å²) in [4.78, 5) is 0. The topological polar surface area (TPSA) is 36.9 Å². The van der Waals surface area contributed by atoms with Crippen molar-refractivity contribution in [2.24, 2.45) is 0 Å². The van der Waals surface area contributed by atoms with E-state index in [0.717, 1.165) is 19.8 Å². The molecule has 0 fully saturated rings. The molecule has 5 heteroatoms. The van der Waals surface area contributed by atoms with Crippen molar-refractivity contribution in [2.75, 3.05) is 32.3 Å². The fourth-order valence-electron chi connectivity index (χ4n) is 1.82. The average Bonchev–Trinajstić information content (AvgIpc) is 2.58. The first-order valence-electron chi connectivity index (χ1n) is 12.9. The van der Waals surface area contributed by atoms with E-state index in [1.165, 1.54) is 25.7 Å². The number of hydrogen-bond acceptors (Lipinski definition) is 4. The smallest absolute Gasteiger partial charge is 0.0608 e. The van der Waals surface area contributed by atoms with Gasteiger partial charge in [0.05, 0.1) is 29.0 Å². The largest absolute Gasteiger partial charge is 0.376 e. The molecule has 34 heavy (non-hydrogen) atoms. The molecule has 4 nitrogen and oxygen atoms in total. The lowest BCUT2D eigenvalue weighted by atomic mass is 10.2. The minimum atomic E-state index is -0.0328. The lowest BCUT2D eigenvalue weighted by Gasteiger charge is -2.18. The molecule has 0 aromatic rings. The highest BCUT2D eigenvalue weighted by Crippen LogP contribution is 2.08. The van der Waals surface area contributed by atoms with Crippen LogP contribution < -0.4 is 0 Å². The zero-order valence-corrected chi connectivity index (χ0v) is 26.1. The number of alkyl halides is 1. The quantitative estimate of drug-likeness (QED) is 0.226. The summed E-state index contributed by atoms with van der Waals surface area (Å²) in [6.45, 7) is 34.3. The number of unbranched alkanes of at least 4 members (excludes halogenated alkanes) is 2. The molecule has 0 aliphatic rings. The first-order valence-corrected chi connectivity index (χ1v) is 13.4. The molecule has 0 aliphatic heterocycles. The van der Waals surface area contributed by atoms with Crippen LogP contribution in [-0.4, -0.2) is 54.7 Å². The van der Waals surface area contributed by atoms with E-state index in [1.54, 1.807) is 0 Å². The third-order valence-corrected chi connectivity index (χ3v) is 3.41. The SMILES string of the molecule is C.CC(C)(C)OCCCl.CCCCOC(C)(C)C.CCCCOC(C)(C)C.CCOC(C)(C)C. The Morgan fingerprint density at radius 1 is 0.471 bits per heavy atom. The Balaban J connectivity index is -0.000000109. The monoisotopic (exact) mass is 514 g/mol. The third-order valence-electron chi connectivity index (χ3n) is 3.26. The van der Waals surface area contributed by atoms with Crippen LogP contribution in [0.4, 0.5) is 0 Å². The van der Waals surface area contributed by atoms with Gasteiger partial charge < -0.3 is 18.9 Å². The number of halogens is 1. The van der Waals surface area contributed by atoms with Gasteiger partial charge in [0, 0.05) is 25.7 Å². The van der Waals surface area contributed by atoms with Crippen molar-refractivity contribution < 1.29 is 18.9 Å². The van der Waals surface area contributed by atoms with E-state index in [0.29, 0.717) is 12.5 Å². The highest BCUT2D eigenvalue weighted by Gasteiger charge is 2.09. The molecule has 0 saturated heterocycles. The van der Waals surface area contributed by atoms with Crippen molar-refractivity contribution in [2.45, 2.75) is 159 Å². The first kappa shape index (κ1) is 44.1. The summed E-state index contributed by atoms with van der Waals surface area (Å²) in [6, 6.07) is 0. The van der Waals surface area contributed by atoms with Gasteiger partial charge in [0.2, 0.25) is 0 Å². The van der Waals surface area contributed by atoms with Gasteiger partial charge in [-0.25, -0.2) is 0 Å². The molecule has 0 amide bonds. The Morgan fingerprint density at radius 3 is 0.853 bits per heavy atom. The van der Waals surface area contributed by atoms with Gasteiger partial charge in [0.15, 0.2) is 0 Å². The lowest BCUT2D eigenvalue weighted by Crippen LogP contribution is -2.20. The molecule has 0 aromatic carbocycles. The van der Waals surface area contributed by atoms with E-state index in [2.05, 4.69) is 76.2 Å². The van der Waals surface area contributed by atoms with Crippen LogP contribution in [0.25, 0.3) is 0 Å². The molecule has 0 rings (SSSR count). The van der Waals surface area contributed by atoms with E-state index in [4.69, 9.17) is 30.5 Å². The van der Waals surface area contributed by atoms with Gasteiger partial charge in [-0.3, -0.25) is 0 Å². The number of rotatable bonds is 9. The first-order chi connectivity index (χ1) is 14.7. The fourth-order valence-corrected chi connectivity index (χ4v) is 1.90. The predicted molar refractivity (Wildman–Crippen MR) is 156 cm³/mol. The van der Waals surface area contributed by atoms with E-state index in [9.17, 15) is 0 Å². The summed E-state index contributed by atoms with van der Waals surface area (Å²) in [6.07, 6.45) is 4.79. The molecular formula is C29H67ClO4. The maximum absolute atomic E-state index is 5.47. The summed E-state index contributed by atoms with van der Waals surface area (Å²) in [5.41, 5.74) is 0.119. The van der Waals surface area contributed by atoms with Crippen molar-refractivity contribution in [1.29, 1.82) is 0 Å². The van der Waals surface area contributed by atoms with Crippen LogP contribution in [0.1, 0.15) is 137 Å². The minimum Gasteiger partial charge on any atom is -0.376 e. The second-order valence-electron chi connectivity index (χ2n) is 11.8. The molecule has 0 radical (unpaired) electrons. The molecule has 0 spiro atoms. The fraction of sp³-hybridized carbons (Fsp3) is 1.00. The van der Waals surface area contributed by atoms with Crippen molar-refractivity contribution >= 4 is 11.6 Å². The van der Waals surface area contributed by atoms with Crippen LogP contribution in [0, 0.1) is 0 Å². The molecule has 0 atom stereocenters. The Bertz CT molecular complexity index is 352. The van der Waals surface area contributed by atoms with Gasteiger partial charge in [-0.15, -0.1) is 11.6 Å². The molecule has 0 heterocycles. The standard InChI is InChI=1S/2C8H18O.C6H13ClO.C6H14O.CH4/c2*1-5-6-7-9-8(2,3)4;1-6(2,3)8-5-4-7;1-5-7-6(2,3)4;/h2*5-7H2,1-4H3;4-5H2,1-3H3;5H2,1-4H3;1H4. The normalized spacial score (nSPS) is 11.6. The number of hydrogen-bond donors (Lipinski definition) is 0. The van der Waals surface area contributed by atoms with E-state index >= 15 is 0 Å². The van der Waals surface area contributed by atoms with Crippen molar-refractivity contribution in [3.63, 3.8) is 0 Å². The third kappa shape index (κ3) is 69.7. The Morgan fingerprint density at radius 2 is 0.735 bits per heavy atom. The Kier molecular flexibility index (Phi) is 32.2. The van der Waals surface area contributed by atoms with Crippen LogP contribution in [0.15, 0.2) is 0 Å². The highest BCUT2D eigenvalue weighted by molar-refractivity contribution is 6.17. The van der Waals surface area contributed by atoms with Gasteiger partial charge in [0.25, 0.3) is 0 Å². The predicted octanol–water partition coefficient (Wildman–Crippen LogP) is 9.70. The summed E-state index contributed by atoms with van der Waals surface area (Å²) >= 11 is 5.38. The minimum absolute atomic E-state index is 0.